The Labute approximate surface area is 73.0 Å². The highest BCUT2D eigenvalue weighted by Crippen LogP contribution is 2.08. The van der Waals surface area contributed by atoms with E-state index in [1.165, 1.54) is 12.0 Å². The highest BCUT2D eigenvalue weighted by Gasteiger charge is 1.87. The Hall–Kier alpha value is -0.630. The van der Waals surface area contributed by atoms with Crippen molar-refractivity contribution in [1.82, 2.24) is 0 Å². The smallest absolute Gasteiger partial charge is 0.133 e. The molecule has 0 saturated carbocycles. The molecule has 0 aliphatic carbocycles. The molecule has 0 rings (SSSR count). The fourth-order valence-corrected chi connectivity index (χ4v) is 0.837. The normalized spacial score (nSPS) is 12.1. The van der Waals surface area contributed by atoms with Crippen LogP contribution in [0.3, 0.4) is 0 Å². The van der Waals surface area contributed by atoms with Crippen LogP contribution in [-0.4, -0.2) is 6.26 Å². The minimum Gasteiger partial charge on any atom is -0.426 e. The summed E-state index contributed by atoms with van der Waals surface area (Å²) in [4.78, 5) is 0. The third kappa shape index (κ3) is 5.80. The van der Waals surface area contributed by atoms with Gasteiger partial charge in [-0.15, -0.1) is 0 Å². The summed E-state index contributed by atoms with van der Waals surface area (Å²) in [6.45, 7) is 7.63. The lowest BCUT2D eigenvalue weighted by atomic mass is 10.3. The summed E-state index contributed by atoms with van der Waals surface area (Å²) in [6.07, 6.45) is 7.62. The molecule has 0 unspecified atom stereocenters. The highest BCUT2D eigenvalue weighted by molar-refractivity contribution is 7.94. The average Bonchev–Trinajstić information content (AvgIpc) is 1.97. The van der Waals surface area contributed by atoms with Gasteiger partial charge in [-0.25, -0.2) is 0 Å². The molecule has 0 aromatic rings. The molecule has 0 N–H and O–H groups in total. The quantitative estimate of drug-likeness (QED) is 0.363. The zero-order valence-electron chi connectivity index (χ0n) is 7.26. The van der Waals surface area contributed by atoms with Gasteiger partial charge in [0.25, 0.3) is 0 Å². The Balaban J connectivity index is 3.98. The average molecular weight is 170 g/mol. The summed E-state index contributed by atoms with van der Waals surface area (Å²) >= 11 is 1.34. The van der Waals surface area contributed by atoms with Gasteiger partial charge < -0.3 is 4.18 Å². The first-order valence-electron chi connectivity index (χ1n) is 3.41. The summed E-state index contributed by atoms with van der Waals surface area (Å²) in [6, 6.07) is 0. The Bertz CT molecular complexity index is 180. The third-order valence-corrected chi connectivity index (χ3v) is 1.36. The monoisotopic (exact) mass is 170 g/mol. The molecule has 0 aliphatic rings. The van der Waals surface area contributed by atoms with Crippen molar-refractivity contribution in [2.75, 3.05) is 6.26 Å². The van der Waals surface area contributed by atoms with Crippen molar-refractivity contribution in [3.63, 3.8) is 0 Å². The largest absolute Gasteiger partial charge is 0.426 e. The van der Waals surface area contributed by atoms with Gasteiger partial charge in [0.15, 0.2) is 0 Å². The Morgan fingerprint density at radius 3 is 2.45 bits per heavy atom. The van der Waals surface area contributed by atoms with Crippen LogP contribution in [0.2, 0.25) is 0 Å². The van der Waals surface area contributed by atoms with Crippen LogP contribution in [0.15, 0.2) is 36.1 Å². The van der Waals surface area contributed by atoms with Crippen molar-refractivity contribution < 1.29 is 4.18 Å². The van der Waals surface area contributed by atoms with E-state index in [0.717, 1.165) is 11.3 Å². The molecule has 0 aromatic carbocycles. The van der Waals surface area contributed by atoms with Gasteiger partial charge in [-0.05, 0) is 26.0 Å². The van der Waals surface area contributed by atoms with E-state index >= 15 is 0 Å². The summed E-state index contributed by atoms with van der Waals surface area (Å²) < 4.78 is 5.19. The second-order valence-electron chi connectivity index (χ2n) is 2.12. The fraction of sp³-hybridized carbons (Fsp3) is 0.333. The first kappa shape index (κ1) is 10.4. The summed E-state index contributed by atoms with van der Waals surface area (Å²) in [5, 5.41) is 0. The van der Waals surface area contributed by atoms with Gasteiger partial charge >= 0.3 is 0 Å². The van der Waals surface area contributed by atoms with Crippen LogP contribution in [0.5, 0.6) is 0 Å². The highest BCUT2D eigenvalue weighted by atomic mass is 32.2. The zero-order chi connectivity index (χ0) is 8.69. The Morgan fingerprint density at radius 2 is 2.09 bits per heavy atom. The molecule has 0 spiro atoms. The molecular weight excluding hydrogens is 156 g/mol. The van der Waals surface area contributed by atoms with Gasteiger partial charge in [0.2, 0.25) is 0 Å². The molecule has 0 fully saturated rings. The van der Waals surface area contributed by atoms with E-state index < -0.39 is 0 Å². The zero-order valence-corrected chi connectivity index (χ0v) is 8.07. The van der Waals surface area contributed by atoms with E-state index in [4.69, 9.17) is 4.18 Å². The van der Waals surface area contributed by atoms with Crippen molar-refractivity contribution in [1.29, 1.82) is 0 Å². The maximum Gasteiger partial charge on any atom is 0.133 e. The number of rotatable bonds is 4. The summed E-state index contributed by atoms with van der Waals surface area (Å²) in [5.41, 5.74) is 1.02. The molecule has 1 nitrogen and oxygen atoms in total. The molecule has 0 amide bonds. The van der Waals surface area contributed by atoms with Gasteiger partial charge in [-0.3, -0.25) is 0 Å². The van der Waals surface area contributed by atoms with Gasteiger partial charge in [-0.1, -0.05) is 18.2 Å². The predicted octanol–water partition coefficient (Wildman–Crippen LogP) is 3.32. The third-order valence-electron chi connectivity index (χ3n) is 0.996. The molecule has 0 aliphatic heterocycles. The lowest BCUT2D eigenvalue weighted by Crippen LogP contribution is -1.77. The molecule has 0 atom stereocenters. The van der Waals surface area contributed by atoms with Gasteiger partial charge in [0, 0.05) is 6.26 Å². The number of hydrogen-bond acceptors (Lipinski definition) is 2. The molecule has 0 radical (unpaired) electrons. The lowest BCUT2D eigenvalue weighted by molar-refractivity contribution is 0.523. The molecule has 0 saturated heterocycles. The van der Waals surface area contributed by atoms with E-state index in [1.54, 1.807) is 0 Å². The van der Waals surface area contributed by atoms with Crippen LogP contribution in [-0.2, 0) is 4.18 Å². The maximum absolute atomic E-state index is 5.19. The summed E-state index contributed by atoms with van der Waals surface area (Å²) in [5.74, 6) is 0.862. The number of allylic oxidation sites excluding steroid dienone is 4. The molecule has 0 heterocycles. The minimum atomic E-state index is 0.862. The van der Waals surface area contributed by atoms with Crippen molar-refractivity contribution in [3.05, 3.63) is 36.1 Å². The first-order chi connectivity index (χ1) is 5.20. The van der Waals surface area contributed by atoms with Crippen molar-refractivity contribution >= 4 is 12.0 Å². The van der Waals surface area contributed by atoms with E-state index in [0.29, 0.717) is 0 Å². The summed E-state index contributed by atoms with van der Waals surface area (Å²) in [7, 11) is 0. The topological polar surface area (TPSA) is 9.23 Å². The van der Waals surface area contributed by atoms with Crippen molar-refractivity contribution in [2.24, 2.45) is 0 Å². The predicted molar refractivity (Wildman–Crippen MR) is 52.3 cm³/mol. The van der Waals surface area contributed by atoms with E-state index in [2.05, 4.69) is 6.58 Å². The Morgan fingerprint density at radius 1 is 1.45 bits per heavy atom. The molecule has 2 heteroatoms. The van der Waals surface area contributed by atoms with E-state index in [9.17, 15) is 0 Å². The SMILES string of the molecule is C=C(C)/C=C\C(=C/C)OSC. The van der Waals surface area contributed by atoms with Gasteiger partial charge in [0.05, 0.1) is 12.0 Å². The van der Waals surface area contributed by atoms with E-state index in [-0.39, 0.29) is 0 Å². The Kier molecular flexibility index (Phi) is 5.75. The number of hydrogen-bond donors (Lipinski definition) is 0. The minimum absolute atomic E-state index is 0.862. The van der Waals surface area contributed by atoms with Crippen LogP contribution in [0.1, 0.15) is 13.8 Å². The lowest BCUT2D eigenvalue weighted by Gasteiger charge is -1.98. The molecule has 0 aromatic heterocycles. The van der Waals surface area contributed by atoms with Gasteiger partial charge in [-0.2, -0.15) is 0 Å². The second kappa shape index (κ2) is 6.10. The molecular formula is C9H14OS. The van der Waals surface area contributed by atoms with Crippen molar-refractivity contribution in [2.45, 2.75) is 13.8 Å². The molecule has 11 heavy (non-hydrogen) atoms. The van der Waals surface area contributed by atoms with Crippen LogP contribution >= 0.6 is 12.0 Å². The first-order valence-corrected chi connectivity index (χ1v) is 4.56. The van der Waals surface area contributed by atoms with Crippen LogP contribution in [0, 0.1) is 0 Å². The van der Waals surface area contributed by atoms with Crippen LogP contribution < -0.4 is 0 Å². The molecule has 62 valence electrons. The maximum atomic E-state index is 5.19. The van der Waals surface area contributed by atoms with E-state index in [1.807, 2.05) is 38.3 Å². The molecule has 0 bridgehead atoms. The van der Waals surface area contributed by atoms with Gasteiger partial charge in [0.1, 0.15) is 5.76 Å². The fourth-order valence-electron chi connectivity index (χ4n) is 0.493. The van der Waals surface area contributed by atoms with Crippen LogP contribution in [0.4, 0.5) is 0 Å². The standard InChI is InChI=1S/C9H14OS/c1-5-9(10-11-4)7-6-8(2)3/h5-7H,2H2,1,3-4H3/b7-6-,9-5+. The van der Waals surface area contributed by atoms with Crippen LogP contribution in [0.25, 0.3) is 0 Å². The van der Waals surface area contributed by atoms with Crippen molar-refractivity contribution in [3.8, 4) is 0 Å². The second-order valence-corrected chi connectivity index (χ2v) is 2.62.